The summed E-state index contributed by atoms with van der Waals surface area (Å²) in [5, 5.41) is 10.2. The van der Waals surface area contributed by atoms with E-state index in [2.05, 4.69) is 97.1 Å². The average molecular weight is 551 g/mol. The van der Waals surface area contributed by atoms with E-state index in [-0.39, 0.29) is 0 Å². The molecule has 7 aromatic carbocycles. The topological polar surface area (TPSA) is 39.4 Å². The van der Waals surface area contributed by atoms with E-state index in [1.54, 1.807) is 6.26 Å². The number of benzene rings is 7. The molecule has 43 heavy (non-hydrogen) atoms. The molecular weight excluding hydrogens is 528 g/mol. The first kappa shape index (κ1) is 22.8. The molecule has 3 nitrogen and oxygen atoms in total. The van der Waals surface area contributed by atoms with Crippen LogP contribution in [0.25, 0.3) is 98.6 Å². The standard InChI is InChI=1S/C40H22O3/c1-3-11-28-26(9-1)36(24-17-18-34-32(22-24)38-35(42-34)19-16-23-20-21-41-39(23)38)27-10-2-4-12-29(27)37(28)31-14-7-13-30-25-8-5-6-15-33(25)43-40(30)31/h1-22H. The quantitative estimate of drug-likeness (QED) is 0.201. The van der Waals surface area contributed by atoms with Gasteiger partial charge in [-0.2, -0.15) is 0 Å². The first-order chi connectivity index (χ1) is 21.3. The summed E-state index contributed by atoms with van der Waals surface area (Å²) in [6, 6.07) is 44.8. The molecule has 0 aliphatic heterocycles. The van der Waals surface area contributed by atoms with Crippen LogP contribution in [0.3, 0.4) is 0 Å². The highest BCUT2D eigenvalue weighted by molar-refractivity contribution is 6.25. The molecule has 0 aliphatic rings. The van der Waals surface area contributed by atoms with Crippen molar-refractivity contribution in [3.05, 3.63) is 134 Å². The van der Waals surface area contributed by atoms with Gasteiger partial charge in [0.1, 0.15) is 27.9 Å². The van der Waals surface area contributed by atoms with Crippen molar-refractivity contribution in [3.8, 4) is 22.3 Å². The second kappa shape index (κ2) is 8.37. The summed E-state index contributed by atoms with van der Waals surface area (Å²) in [6.07, 6.45) is 1.75. The van der Waals surface area contributed by atoms with Gasteiger partial charge in [0.05, 0.1) is 11.6 Å². The predicted molar refractivity (Wildman–Crippen MR) is 177 cm³/mol. The zero-order chi connectivity index (χ0) is 28.1. The van der Waals surface area contributed by atoms with E-state index in [0.717, 1.165) is 66.0 Å². The number of rotatable bonds is 2. The van der Waals surface area contributed by atoms with Crippen LogP contribution in [0.4, 0.5) is 0 Å². The second-order valence-electron chi connectivity index (χ2n) is 11.2. The Morgan fingerprint density at radius 3 is 1.84 bits per heavy atom. The Morgan fingerprint density at radius 2 is 1.05 bits per heavy atom. The van der Waals surface area contributed by atoms with Crippen molar-refractivity contribution < 1.29 is 13.3 Å². The lowest BCUT2D eigenvalue weighted by Crippen LogP contribution is -1.91. The van der Waals surface area contributed by atoms with Gasteiger partial charge in [0.15, 0.2) is 0 Å². The molecule has 0 spiro atoms. The number of fused-ring (bicyclic) bond motifs is 10. The lowest BCUT2D eigenvalue weighted by atomic mass is 9.85. The van der Waals surface area contributed by atoms with Crippen LogP contribution in [0.2, 0.25) is 0 Å². The van der Waals surface area contributed by atoms with Gasteiger partial charge in [0, 0.05) is 32.7 Å². The minimum absolute atomic E-state index is 0.832. The summed E-state index contributed by atoms with van der Waals surface area (Å²) < 4.78 is 18.7. The first-order valence-electron chi connectivity index (χ1n) is 14.5. The Balaban J connectivity index is 1.33. The van der Waals surface area contributed by atoms with Crippen LogP contribution in [0.5, 0.6) is 0 Å². The molecule has 0 unspecified atom stereocenters. The van der Waals surface area contributed by atoms with Crippen LogP contribution < -0.4 is 0 Å². The number of hydrogen-bond acceptors (Lipinski definition) is 3. The smallest absolute Gasteiger partial charge is 0.145 e. The van der Waals surface area contributed by atoms with Gasteiger partial charge in [0.25, 0.3) is 0 Å². The van der Waals surface area contributed by atoms with Crippen molar-refractivity contribution in [3.63, 3.8) is 0 Å². The third-order valence-corrected chi connectivity index (χ3v) is 8.95. The molecule has 0 amide bonds. The van der Waals surface area contributed by atoms with Crippen molar-refractivity contribution in [2.75, 3.05) is 0 Å². The summed E-state index contributed by atoms with van der Waals surface area (Å²) in [4.78, 5) is 0. The summed E-state index contributed by atoms with van der Waals surface area (Å²) in [6.45, 7) is 0. The van der Waals surface area contributed by atoms with Crippen LogP contribution in [-0.2, 0) is 0 Å². The molecule has 3 aromatic heterocycles. The van der Waals surface area contributed by atoms with Crippen LogP contribution in [-0.4, -0.2) is 0 Å². The molecule has 0 bridgehead atoms. The molecule has 0 N–H and O–H groups in total. The van der Waals surface area contributed by atoms with E-state index in [1.807, 2.05) is 30.3 Å². The zero-order valence-electron chi connectivity index (χ0n) is 22.9. The normalized spacial score (nSPS) is 12.2. The largest absolute Gasteiger partial charge is 0.464 e. The van der Waals surface area contributed by atoms with Crippen molar-refractivity contribution in [2.24, 2.45) is 0 Å². The van der Waals surface area contributed by atoms with Crippen LogP contribution in [0.1, 0.15) is 0 Å². The minimum Gasteiger partial charge on any atom is -0.464 e. The molecule has 3 heteroatoms. The molecule has 0 saturated heterocycles. The first-order valence-corrected chi connectivity index (χ1v) is 14.5. The average Bonchev–Trinajstić information content (AvgIpc) is 3.78. The minimum atomic E-state index is 0.832. The summed E-state index contributed by atoms with van der Waals surface area (Å²) in [5.41, 5.74) is 8.99. The van der Waals surface area contributed by atoms with E-state index >= 15 is 0 Å². The van der Waals surface area contributed by atoms with E-state index in [1.165, 1.54) is 32.7 Å². The Bertz CT molecular complexity index is 2680. The second-order valence-corrected chi connectivity index (χ2v) is 11.2. The fourth-order valence-corrected chi connectivity index (χ4v) is 7.12. The van der Waals surface area contributed by atoms with Gasteiger partial charge in [-0.1, -0.05) is 91.0 Å². The van der Waals surface area contributed by atoms with E-state index in [9.17, 15) is 0 Å². The molecular formula is C40H22O3. The van der Waals surface area contributed by atoms with Crippen LogP contribution in [0, 0.1) is 0 Å². The summed E-state index contributed by atoms with van der Waals surface area (Å²) in [5.74, 6) is 0. The highest BCUT2D eigenvalue weighted by Gasteiger charge is 2.21. The van der Waals surface area contributed by atoms with E-state index in [4.69, 9.17) is 13.3 Å². The maximum Gasteiger partial charge on any atom is 0.145 e. The maximum atomic E-state index is 6.54. The Kier molecular flexibility index (Phi) is 4.45. The molecule has 10 aromatic rings. The van der Waals surface area contributed by atoms with Crippen molar-refractivity contribution in [1.29, 1.82) is 0 Å². The fourth-order valence-electron chi connectivity index (χ4n) is 7.12. The Hall–Kier alpha value is -5.80. The van der Waals surface area contributed by atoms with E-state index in [0.29, 0.717) is 0 Å². The highest BCUT2D eigenvalue weighted by atomic mass is 16.3. The number of hydrogen-bond donors (Lipinski definition) is 0. The monoisotopic (exact) mass is 550 g/mol. The van der Waals surface area contributed by atoms with Crippen molar-refractivity contribution in [1.82, 2.24) is 0 Å². The molecule has 0 atom stereocenters. The maximum absolute atomic E-state index is 6.54. The Morgan fingerprint density at radius 1 is 0.395 bits per heavy atom. The van der Waals surface area contributed by atoms with Gasteiger partial charge < -0.3 is 13.3 Å². The molecule has 0 radical (unpaired) electrons. The molecule has 0 aliphatic carbocycles. The fraction of sp³-hybridized carbons (Fsp3) is 0. The van der Waals surface area contributed by atoms with Crippen LogP contribution in [0.15, 0.2) is 147 Å². The van der Waals surface area contributed by atoms with Gasteiger partial charge in [-0.3, -0.25) is 0 Å². The molecule has 200 valence electrons. The van der Waals surface area contributed by atoms with E-state index < -0.39 is 0 Å². The summed E-state index contributed by atoms with van der Waals surface area (Å²) in [7, 11) is 0. The molecule has 10 rings (SSSR count). The van der Waals surface area contributed by atoms with Crippen molar-refractivity contribution in [2.45, 2.75) is 0 Å². The SMILES string of the molecule is c1ccc2c(c1)oc1c(-c3c4ccccc4c(-c4ccc5oc6ccc7ccoc7c6c5c4)c4ccccc34)cccc12. The predicted octanol–water partition coefficient (Wildman–Crippen LogP) is 11.9. The lowest BCUT2D eigenvalue weighted by Gasteiger charge is -2.18. The molecule has 0 saturated carbocycles. The Labute approximate surface area is 245 Å². The lowest BCUT2D eigenvalue weighted by molar-refractivity contribution is 0.618. The van der Waals surface area contributed by atoms with Gasteiger partial charge in [0.2, 0.25) is 0 Å². The van der Waals surface area contributed by atoms with Gasteiger partial charge in [-0.15, -0.1) is 0 Å². The highest BCUT2D eigenvalue weighted by Crippen LogP contribution is 2.47. The number of para-hydroxylation sites is 2. The third kappa shape index (κ3) is 3.08. The van der Waals surface area contributed by atoms with Gasteiger partial charge >= 0.3 is 0 Å². The summed E-state index contributed by atoms with van der Waals surface area (Å²) >= 11 is 0. The third-order valence-electron chi connectivity index (χ3n) is 8.95. The van der Waals surface area contributed by atoms with Crippen molar-refractivity contribution >= 4 is 76.4 Å². The number of furan rings is 3. The zero-order valence-corrected chi connectivity index (χ0v) is 22.9. The van der Waals surface area contributed by atoms with Gasteiger partial charge in [-0.05, 0) is 69.1 Å². The van der Waals surface area contributed by atoms with Gasteiger partial charge in [-0.25, -0.2) is 0 Å². The molecule has 0 fully saturated rings. The molecule has 3 heterocycles. The van der Waals surface area contributed by atoms with Crippen LogP contribution >= 0.6 is 0 Å².